The molecule has 0 saturated heterocycles. The van der Waals surface area contributed by atoms with Crippen LogP contribution in [0.4, 0.5) is 0 Å². The molecule has 0 aromatic carbocycles. The number of nitrogens with one attached hydrogen (secondary N) is 1. The number of rotatable bonds is 33. The molecule has 0 aromatic heterocycles. The van der Waals surface area contributed by atoms with Crippen molar-refractivity contribution in [3.05, 3.63) is 12.2 Å². The number of hydrogen-bond donors (Lipinski definition) is 2. The van der Waals surface area contributed by atoms with E-state index in [1.165, 1.54) is 116 Å². The monoisotopic (exact) mass is 608 g/mol. The smallest absolute Gasteiger partial charge is 0.322 e. The Balaban J connectivity index is 3.79. The van der Waals surface area contributed by atoms with Gasteiger partial charge in [0, 0.05) is 12.8 Å². The molecule has 6 nitrogen and oxygen atoms in total. The number of amides is 1. The highest BCUT2D eigenvalue weighted by Crippen LogP contribution is 2.18. The van der Waals surface area contributed by atoms with Crippen molar-refractivity contribution in [2.24, 2.45) is 0 Å². The van der Waals surface area contributed by atoms with Crippen molar-refractivity contribution in [2.75, 3.05) is 6.54 Å². The van der Waals surface area contributed by atoms with E-state index in [0.717, 1.165) is 51.4 Å². The summed E-state index contributed by atoms with van der Waals surface area (Å²) in [4.78, 5) is 34.7. The van der Waals surface area contributed by atoms with Gasteiger partial charge in [-0.1, -0.05) is 129 Å². The van der Waals surface area contributed by atoms with Gasteiger partial charge in [-0.3, -0.25) is 14.4 Å². The predicted molar refractivity (Wildman–Crippen MR) is 180 cm³/mol. The molecule has 1 amide bonds. The third-order valence-corrected chi connectivity index (χ3v) is 8.19. The van der Waals surface area contributed by atoms with Gasteiger partial charge in [-0.05, 0) is 64.2 Å². The summed E-state index contributed by atoms with van der Waals surface area (Å²) in [5.41, 5.74) is 0. The quantitative estimate of drug-likeness (QED) is 0.0440. The van der Waals surface area contributed by atoms with Crippen molar-refractivity contribution in [1.29, 1.82) is 0 Å². The van der Waals surface area contributed by atoms with Gasteiger partial charge in [0.05, 0.1) is 0 Å². The van der Waals surface area contributed by atoms with Crippen LogP contribution in [-0.4, -0.2) is 35.6 Å². The molecule has 2 N–H and O–H groups in total. The molecule has 0 spiro atoms. The van der Waals surface area contributed by atoms with Crippen LogP contribution < -0.4 is 5.32 Å². The maximum atomic E-state index is 12.5. The fraction of sp³-hybridized carbons (Fsp3) is 0.865. The number of allylic oxidation sites excluding steroid dienone is 2. The largest absolute Gasteiger partial charge is 0.480 e. The van der Waals surface area contributed by atoms with Crippen LogP contribution in [0.5, 0.6) is 0 Å². The highest BCUT2D eigenvalue weighted by Gasteiger charge is 2.14. The second-order valence-corrected chi connectivity index (χ2v) is 12.5. The molecule has 1 unspecified atom stereocenters. The van der Waals surface area contributed by atoms with Crippen molar-refractivity contribution in [2.45, 2.75) is 200 Å². The fourth-order valence-corrected chi connectivity index (χ4v) is 5.45. The number of ether oxygens (including phenoxy) is 1. The molecule has 43 heavy (non-hydrogen) atoms. The number of carbonyl (C=O) groups is 3. The van der Waals surface area contributed by atoms with Gasteiger partial charge in [-0.25, -0.2) is 0 Å². The molecule has 0 aliphatic rings. The number of carboxylic acids is 1. The summed E-state index contributed by atoms with van der Waals surface area (Å²) < 4.78 is 5.87. The zero-order chi connectivity index (χ0) is 31.6. The Morgan fingerprint density at radius 3 is 1.51 bits per heavy atom. The van der Waals surface area contributed by atoms with Gasteiger partial charge < -0.3 is 15.2 Å². The van der Waals surface area contributed by atoms with E-state index in [0.29, 0.717) is 12.8 Å². The number of aliphatic carboxylic acids is 1. The lowest BCUT2D eigenvalue weighted by molar-refractivity contribution is -0.150. The zero-order valence-corrected chi connectivity index (χ0v) is 28.3. The molecule has 0 aliphatic carbocycles. The van der Waals surface area contributed by atoms with Gasteiger partial charge >= 0.3 is 11.9 Å². The van der Waals surface area contributed by atoms with Gasteiger partial charge in [0.2, 0.25) is 5.91 Å². The van der Waals surface area contributed by atoms with E-state index in [1.54, 1.807) is 0 Å². The highest BCUT2D eigenvalue weighted by molar-refractivity contribution is 5.80. The molecule has 0 rings (SSSR count). The molecule has 0 heterocycles. The Morgan fingerprint density at radius 2 is 1.00 bits per heavy atom. The Kier molecular flexibility index (Phi) is 31.6. The highest BCUT2D eigenvalue weighted by atomic mass is 16.5. The maximum Gasteiger partial charge on any atom is 0.322 e. The molecule has 0 aromatic rings. The van der Waals surface area contributed by atoms with Gasteiger partial charge in [0.25, 0.3) is 0 Å². The first kappa shape index (κ1) is 41.1. The van der Waals surface area contributed by atoms with Crippen LogP contribution in [0.3, 0.4) is 0 Å². The van der Waals surface area contributed by atoms with E-state index < -0.39 is 5.97 Å². The molecule has 6 heteroatoms. The van der Waals surface area contributed by atoms with Crippen LogP contribution >= 0.6 is 0 Å². The van der Waals surface area contributed by atoms with E-state index >= 15 is 0 Å². The van der Waals surface area contributed by atoms with Crippen molar-refractivity contribution < 1.29 is 24.2 Å². The van der Waals surface area contributed by atoms with Gasteiger partial charge in [0.1, 0.15) is 12.6 Å². The van der Waals surface area contributed by atoms with E-state index in [1.807, 2.05) is 0 Å². The van der Waals surface area contributed by atoms with Crippen LogP contribution in [0, 0.1) is 0 Å². The average Bonchev–Trinajstić information content (AvgIpc) is 2.99. The summed E-state index contributed by atoms with van der Waals surface area (Å²) in [5.74, 6) is -1.31. The summed E-state index contributed by atoms with van der Waals surface area (Å²) >= 11 is 0. The molecular weight excluding hydrogens is 538 g/mol. The van der Waals surface area contributed by atoms with Gasteiger partial charge in [-0.2, -0.15) is 0 Å². The number of unbranched alkanes of at least 4 members (excludes halogenated alkanes) is 20. The number of hydrogen-bond acceptors (Lipinski definition) is 4. The molecule has 0 aliphatic heterocycles. The normalized spacial score (nSPS) is 12.0. The fourth-order valence-electron chi connectivity index (χ4n) is 5.45. The minimum Gasteiger partial charge on any atom is -0.480 e. The predicted octanol–water partition coefficient (Wildman–Crippen LogP) is 10.6. The molecular formula is C37H69NO5. The molecule has 0 saturated carbocycles. The van der Waals surface area contributed by atoms with E-state index in [-0.39, 0.29) is 24.5 Å². The third-order valence-electron chi connectivity index (χ3n) is 8.19. The topological polar surface area (TPSA) is 92.7 Å². The second kappa shape index (κ2) is 33.1. The first-order valence-corrected chi connectivity index (χ1v) is 18.3. The zero-order valence-electron chi connectivity index (χ0n) is 28.3. The maximum absolute atomic E-state index is 12.5. The van der Waals surface area contributed by atoms with Gasteiger partial charge in [-0.15, -0.1) is 0 Å². The van der Waals surface area contributed by atoms with Crippen LogP contribution in [0.2, 0.25) is 0 Å². The summed E-state index contributed by atoms with van der Waals surface area (Å²) in [6, 6.07) is 0. The molecule has 1 atom stereocenters. The molecule has 0 bridgehead atoms. The lowest BCUT2D eigenvalue weighted by Gasteiger charge is -2.18. The van der Waals surface area contributed by atoms with Crippen LogP contribution in [-0.2, 0) is 19.1 Å². The summed E-state index contributed by atoms with van der Waals surface area (Å²) in [6.45, 7) is 4.14. The first-order chi connectivity index (χ1) is 21.0. The number of carboxylic acid groups (broad SMARTS) is 1. The molecule has 252 valence electrons. The lowest BCUT2D eigenvalue weighted by atomic mass is 10.0. The minimum absolute atomic E-state index is 0.0268. The van der Waals surface area contributed by atoms with E-state index in [2.05, 4.69) is 31.3 Å². The standard InChI is InChI=1S/C37H69NO5/c1-3-5-7-9-10-11-12-13-14-15-16-17-18-19-20-21-22-23-28-32-37(42)43-34(29-25-8-6-4-2)30-26-24-27-31-35(39)38-33-36(40)41/h13-14,34H,3-12,15-33H2,1-2H3,(H,38,39)(H,40,41)/b14-13-. The van der Waals surface area contributed by atoms with Crippen LogP contribution in [0.15, 0.2) is 12.2 Å². The third kappa shape index (κ3) is 32.9. The van der Waals surface area contributed by atoms with Gasteiger partial charge in [0.15, 0.2) is 0 Å². The Bertz CT molecular complexity index is 678. The number of carbonyl (C=O) groups excluding carboxylic acids is 2. The van der Waals surface area contributed by atoms with Crippen LogP contribution in [0.1, 0.15) is 194 Å². The van der Waals surface area contributed by atoms with E-state index in [9.17, 15) is 14.4 Å². The lowest BCUT2D eigenvalue weighted by Crippen LogP contribution is -2.28. The Morgan fingerprint density at radius 1 is 0.581 bits per heavy atom. The Labute approximate surface area is 265 Å². The first-order valence-electron chi connectivity index (χ1n) is 18.3. The molecule has 0 fully saturated rings. The molecule has 0 radical (unpaired) electrons. The van der Waals surface area contributed by atoms with Crippen molar-refractivity contribution >= 4 is 17.8 Å². The van der Waals surface area contributed by atoms with Crippen molar-refractivity contribution in [1.82, 2.24) is 5.32 Å². The second-order valence-electron chi connectivity index (χ2n) is 12.5. The number of esters is 1. The van der Waals surface area contributed by atoms with Crippen LogP contribution in [0.25, 0.3) is 0 Å². The Hall–Kier alpha value is -1.85. The SMILES string of the molecule is CCCCCCCC/C=C\CCCCCCCCCCCC(=O)OC(CCCCCC)CCCCCC(=O)NCC(=O)O. The summed E-state index contributed by atoms with van der Waals surface area (Å²) in [6.07, 6.45) is 36.4. The van der Waals surface area contributed by atoms with Crippen molar-refractivity contribution in [3.8, 4) is 0 Å². The minimum atomic E-state index is -1.03. The van der Waals surface area contributed by atoms with Crippen molar-refractivity contribution in [3.63, 3.8) is 0 Å². The van der Waals surface area contributed by atoms with E-state index in [4.69, 9.17) is 9.84 Å². The average molecular weight is 608 g/mol. The summed E-state index contributed by atoms with van der Waals surface area (Å²) in [5, 5.41) is 11.0. The summed E-state index contributed by atoms with van der Waals surface area (Å²) in [7, 11) is 0.